The van der Waals surface area contributed by atoms with Gasteiger partial charge in [0.05, 0.1) is 22.6 Å². The van der Waals surface area contributed by atoms with E-state index in [1.54, 1.807) is 0 Å². The summed E-state index contributed by atoms with van der Waals surface area (Å²) in [6.45, 7) is 0. The molecule has 9 rings (SSSR count). The average molecular weight is 638 g/mol. The number of hydrogen-bond donors (Lipinski definition) is 0. The van der Waals surface area contributed by atoms with Gasteiger partial charge >= 0.3 is 0 Å². The molecule has 0 fully saturated rings. The van der Waals surface area contributed by atoms with Crippen LogP contribution in [0.5, 0.6) is 0 Å². The van der Waals surface area contributed by atoms with Crippen LogP contribution in [0.1, 0.15) is 0 Å². The molecule has 0 atom stereocenters. The summed E-state index contributed by atoms with van der Waals surface area (Å²) in [5.74, 6) is 0.699. The molecule has 3 nitrogen and oxygen atoms in total. The number of nitrogens with zero attached hydrogens (tertiary/aromatic N) is 3. The second kappa shape index (κ2) is 12.7. The zero-order valence-electron chi connectivity index (χ0n) is 27.2. The molecule has 0 bridgehead atoms. The molecule has 2 aromatic heterocycles. The van der Waals surface area contributed by atoms with Crippen molar-refractivity contribution in [3.05, 3.63) is 188 Å². The first-order chi connectivity index (χ1) is 24.8. The molecule has 0 aliphatic heterocycles. The van der Waals surface area contributed by atoms with Gasteiger partial charge in [-0.3, -0.25) is 0 Å². The van der Waals surface area contributed by atoms with E-state index in [0.717, 1.165) is 44.9 Å². The van der Waals surface area contributed by atoms with Crippen molar-refractivity contribution in [3.8, 4) is 67.4 Å². The predicted octanol–water partition coefficient (Wildman–Crippen LogP) is 12.2. The van der Waals surface area contributed by atoms with E-state index in [1.165, 1.54) is 38.4 Å². The molecule has 0 unspecified atom stereocenters. The number of pyridine rings is 1. The van der Waals surface area contributed by atoms with Crippen LogP contribution in [0, 0.1) is 0 Å². The van der Waals surface area contributed by atoms with Gasteiger partial charge in [-0.15, -0.1) is 0 Å². The van der Waals surface area contributed by atoms with Crippen molar-refractivity contribution in [2.24, 2.45) is 0 Å². The third-order valence-corrected chi connectivity index (χ3v) is 9.31. The molecule has 0 saturated heterocycles. The predicted molar refractivity (Wildman–Crippen MR) is 207 cm³/mol. The smallest absolute Gasteiger partial charge is 0.160 e. The number of fused-ring (bicyclic) bond motifs is 3. The summed E-state index contributed by atoms with van der Waals surface area (Å²) < 4.78 is 0. The Labute approximate surface area is 291 Å². The summed E-state index contributed by atoms with van der Waals surface area (Å²) in [6.07, 6.45) is 0. The van der Waals surface area contributed by atoms with Crippen LogP contribution in [0.2, 0.25) is 0 Å². The number of hydrogen-bond acceptors (Lipinski definition) is 3. The summed E-state index contributed by atoms with van der Waals surface area (Å²) in [4.78, 5) is 15.3. The first kappa shape index (κ1) is 29.4. The minimum atomic E-state index is 0.699. The Morgan fingerprint density at radius 1 is 0.300 bits per heavy atom. The van der Waals surface area contributed by atoms with Gasteiger partial charge in [0.25, 0.3) is 0 Å². The highest BCUT2D eigenvalue weighted by molar-refractivity contribution is 6.13. The SMILES string of the molecule is c1ccc(-c2ccc(-c3cc(-c4ccc(-c5cc(-c6ccccc6)c6c(ccc7ccccc76)n5)cc4)nc(-c4ccccc4)n3)cc2)cc1. The second-order valence-corrected chi connectivity index (χ2v) is 12.5. The highest BCUT2D eigenvalue weighted by Crippen LogP contribution is 2.37. The summed E-state index contributed by atoms with van der Waals surface area (Å²) in [7, 11) is 0. The van der Waals surface area contributed by atoms with Gasteiger partial charge in [0.1, 0.15) is 0 Å². The van der Waals surface area contributed by atoms with Crippen molar-refractivity contribution in [2.75, 3.05) is 0 Å². The third-order valence-electron chi connectivity index (χ3n) is 9.31. The molecule has 0 amide bonds. The van der Waals surface area contributed by atoms with Crippen LogP contribution in [0.15, 0.2) is 188 Å². The zero-order valence-corrected chi connectivity index (χ0v) is 27.2. The van der Waals surface area contributed by atoms with Crippen LogP contribution in [0.25, 0.3) is 89.1 Å². The maximum Gasteiger partial charge on any atom is 0.160 e. The van der Waals surface area contributed by atoms with E-state index >= 15 is 0 Å². The molecule has 9 aromatic rings. The van der Waals surface area contributed by atoms with Gasteiger partial charge < -0.3 is 0 Å². The minimum absolute atomic E-state index is 0.699. The maximum atomic E-state index is 5.20. The Hall–Kier alpha value is -6.71. The molecular weight excluding hydrogens is 607 g/mol. The van der Waals surface area contributed by atoms with E-state index in [9.17, 15) is 0 Å². The van der Waals surface area contributed by atoms with E-state index in [-0.39, 0.29) is 0 Å². The van der Waals surface area contributed by atoms with Gasteiger partial charge in [-0.05, 0) is 51.2 Å². The Bertz CT molecular complexity index is 2600. The highest BCUT2D eigenvalue weighted by atomic mass is 14.9. The van der Waals surface area contributed by atoms with Crippen molar-refractivity contribution in [1.29, 1.82) is 0 Å². The maximum absolute atomic E-state index is 5.20. The van der Waals surface area contributed by atoms with Gasteiger partial charge in [-0.2, -0.15) is 0 Å². The highest BCUT2D eigenvalue weighted by Gasteiger charge is 2.14. The van der Waals surface area contributed by atoms with E-state index in [2.05, 4.69) is 164 Å². The van der Waals surface area contributed by atoms with Gasteiger partial charge in [0, 0.05) is 27.6 Å². The molecule has 0 saturated carbocycles. The standard InChI is InChI=1S/C47H31N3/c1-4-12-32(13-5-1)33-20-22-37(23-21-33)44-31-45(50-47(49-44)39-17-8-3-9-18-39)38-26-24-36(25-27-38)43-30-41(34-14-6-2-7-15-34)46-40-19-11-10-16-35(40)28-29-42(46)48-43/h1-31H. The number of benzene rings is 7. The van der Waals surface area contributed by atoms with Crippen LogP contribution in [0.4, 0.5) is 0 Å². The normalized spacial score (nSPS) is 11.2. The van der Waals surface area contributed by atoms with Gasteiger partial charge in [0.15, 0.2) is 5.82 Å². The first-order valence-electron chi connectivity index (χ1n) is 16.9. The summed E-state index contributed by atoms with van der Waals surface area (Å²) in [5.41, 5.74) is 12.5. The van der Waals surface area contributed by atoms with Gasteiger partial charge in [-0.1, -0.05) is 170 Å². The van der Waals surface area contributed by atoms with Crippen molar-refractivity contribution in [1.82, 2.24) is 15.0 Å². The van der Waals surface area contributed by atoms with Gasteiger partial charge in [-0.25, -0.2) is 15.0 Å². The molecular formula is C47H31N3. The quantitative estimate of drug-likeness (QED) is 0.170. The van der Waals surface area contributed by atoms with E-state index in [1.807, 2.05) is 24.3 Å². The van der Waals surface area contributed by atoms with Crippen LogP contribution in [-0.2, 0) is 0 Å². The van der Waals surface area contributed by atoms with Crippen molar-refractivity contribution in [3.63, 3.8) is 0 Å². The fraction of sp³-hybridized carbons (Fsp3) is 0. The Morgan fingerprint density at radius 3 is 1.36 bits per heavy atom. The van der Waals surface area contributed by atoms with Crippen LogP contribution in [0.3, 0.4) is 0 Å². The van der Waals surface area contributed by atoms with Gasteiger partial charge in [0.2, 0.25) is 0 Å². The van der Waals surface area contributed by atoms with Crippen LogP contribution in [-0.4, -0.2) is 15.0 Å². The van der Waals surface area contributed by atoms with Crippen molar-refractivity contribution >= 4 is 21.7 Å². The molecule has 7 aromatic carbocycles. The Morgan fingerprint density at radius 2 is 0.760 bits per heavy atom. The van der Waals surface area contributed by atoms with Crippen molar-refractivity contribution in [2.45, 2.75) is 0 Å². The molecule has 50 heavy (non-hydrogen) atoms. The summed E-state index contributed by atoms with van der Waals surface area (Å²) in [5, 5.41) is 3.59. The summed E-state index contributed by atoms with van der Waals surface area (Å²) >= 11 is 0. The van der Waals surface area contributed by atoms with E-state index < -0.39 is 0 Å². The summed E-state index contributed by atoms with van der Waals surface area (Å²) in [6, 6.07) is 65.6. The molecule has 0 N–H and O–H groups in total. The van der Waals surface area contributed by atoms with E-state index in [4.69, 9.17) is 15.0 Å². The Kier molecular flexibility index (Phi) is 7.49. The molecule has 0 aliphatic carbocycles. The monoisotopic (exact) mass is 637 g/mol. The lowest BCUT2D eigenvalue weighted by atomic mass is 9.94. The molecule has 0 spiro atoms. The average Bonchev–Trinajstić information content (AvgIpc) is 3.21. The zero-order chi connectivity index (χ0) is 33.3. The number of aromatic nitrogens is 3. The van der Waals surface area contributed by atoms with Crippen LogP contribution >= 0.6 is 0 Å². The number of rotatable bonds is 6. The lowest BCUT2D eigenvalue weighted by Gasteiger charge is -2.13. The second-order valence-electron chi connectivity index (χ2n) is 12.5. The third kappa shape index (κ3) is 5.61. The molecule has 2 heterocycles. The lowest BCUT2D eigenvalue weighted by molar-refractivity contribution is 1.18. The fourth-order valence-corrected chi connectivity index (χ4v) is 6.74. The Balaban J connectivity index is 1.13. The topological polar surface area (TPSA) is 38.7 Å². The minimum Gasteiger partial charge on any atom is -0.248 e. The molecule has 3 heteroatoms. The lowest BCUT2D eigenvalue weighted by Crippen LogP contribution is -1.96. The molecule has 0 aliphatic rings. The molecule has 0 radical (unpaired) electrons. The van der Waals surface area contributed by atoms with Crippen molar-refractivity contribution < 1.29 is 0 Å². The fourth-order valence-electron chi connectivity index (χ4n) is 6.74. The first-order valence-corrected chi connectivity index (χ1v) is 16.9. The largest absolute Gasteiger partial charge is 0.248 e. The van der Waals surface area contributed by atoms with Crippen LogP contribution < -0.4 is 0 Å². The molecule has 234 valence electrons. The van der Waals surface area contributed by atoms with E-state index in [0.29, 0.717) is 5.82 Å².